The minimum atomic E-state index is -2.13. The van der Waals surface area contributed by atoms with Crippen molar-refractivity contribution in [3.05, 3.63) is 35.9 Å². The van der Waals surface area contributed by atoms with Gasteiger partial charge >= 0.3 is 5.97 Å². The summed E-state index contributed by atoms with van der Waals surface area (Å²) in [4.78, 5) is 25.1. The van der Waals surface area contributed by atoms with Gasteiger partial charge in [-0.05, 0) is 36.5 Å². The number of hydrogen-bond donors (Lipinski definition) is 0. The molecule has 2 atom stereocenters. The number of benzene rings is 1. The second kappa shape index (κ2) is 10.5. The lowest BCUT2D eigenvalue weighted by Crippen LogP contribution is -2.47. The maximum Gasteiger partial charge on any atom is 0.306 e. The molecule has 0 aliphatic carbocycles. The van der Waals surface area contributed by atoms with Gasteiger partial charge in [-0.2, -0.15) is 0 Å². The largest absolute Gasteiger partial charge is 0.460 e. The monoisotopic (exact) mass is 420 g/mol. The Balaban J connectivity index is 2.08. The quantitative estimate of drug-likeness (QED) is 0.477. The number of Topliss-reactive ketones (excluding diaryl/α,β-unsaturated/α-hetero) is 1. The van der Waals surface area contributed by atoms with Gasteiger partial charge in [0.2, 0.25) is 0 Å². The molecule has 29 heavy (non-hydrogen) atoms. The van der Waals surface area contributed by atoms with Crippen molar-refractivity contribution in [2.45, 2.75) is 89.8 Å². The third-order valence-corrected chi connectivity index (χ3v) is 10.3. The Labute approximate surface area is 176 Å². The SMILES string of the molecule is CC(C)(C)[Si](C)(C)O[C@@H]1C[C@H](COCc2ccccc2)OC(=O)CCCCC1=O. The summed E-state index contributed by atoms with van der Waals surface area (Å²) in [6, 6.07) is 9.87. The van der Waals surface area contributed by atoms with Crippen LogP contribution in [0.2, 0.25) is 18.1 Å². The summed E-state index contributed by atoms with van der Waals surface area (Å²) < 4.78 is 17.9. The van der Waals surface area contributed by atoms with Crippen LogP contribution in [0.25, 0.3) is 0 Å². The van der Waals surface area contributed by atoms with Crippen LogP contribution in [-0.2, 0) is 30.1 Å². The van der Waals surface area contributed by atoms with Crippen LogP contribution in [-0.4, -0.2) is 38.9 Å². The summed E-state index contributed by atoms with van der Waals surface area (Å²) in [6.45, 7) is 11.5. The number of carbonyl (C=O) groups is 2. The Morgan fingerprint density at radius 1 is 1.07 bits per heavy atom. The van der Waals surface area contributed by atoms with E-state index in [4.69, 9.17) is 13.9 Å². The molecule has 0 aromatic heterocycles. The molecule has 0 N–H and O–H groups in total. The van der Waals surface area contributed by atoms with Crippen LogP contribution in [0.5, 0.6) is 0 Å². The van der Waals surface area contributed by atoms with Gasteiger partial charge in [-0.1, -0.05) is 51.1 Å². The van der Waals surface area contributed by atoms with Crippen LogP contribution in [0.1, 0.15) is 58.4 Å². The molecule has 0 radical (unpaired) electrons. The molecule has 0 bridgehead atoms. The average molecular weight is 421 g/mol. The Kier molecular flexibility index (Phi) is 8.61. The first kappa shape index (κ1) is 23.8. The van der Waals surface area contributed by atoms with Crippen molar-refractivity contribution in [2.24, 2.45) is 0 Å². The summed E-state index contributed by atoms with van der Waals surface area (Å²) in [6.07, 6.45) is 1.47. The summed E-state index contributed by atoms with van der Waals surface area (Å²) >= 11 is 0. The molecular formula is C23H36O5Si. The van der Waals surface area contributed by atoms with E-state index >= 15 is 0 Å². The van der Waals surface area contributed by atoms with E-state index in [9.17, 15) is 9.59 Å². The van der Waals surface area contributed by atoms with Gasteiger partial charge in [0.15, 0.2) is 14.1 Å². The van der Waals surface area contributed by atoms with Gasteiger partial charge in [-0.25, -0.2) is 0 Å². The Bertz CT molecular complexity index is 666. The zero-order valence-electron chi connectivity index (χ0n) is 18.5. The molecule has 1 aromatic rings. The Hall–Kier alpha value is -1.50. The van der Waals surface area contributed by atoms with Gasteiger partial charge in [0.1, 0.15) is 12.2 Å². The van der Waals surface area contributed by atoms with Gasteiger partial charge in [0.05, 0.1) is 13.2 Å². The Morgan fingerprint density at radius 2 is 1.72 bits per heavy atom. The van der Waals surface area contributed by atoms with Crippen LogP contribution in [0.4, 0.5) is 0 Å². The lowest BCUT2D eigenvalue weighted by Gasteiger charge is -2.39. The van der Waals surface area contributed by atoms with Crippen LogP contribution in [0, 0.1) is 0 Å². The van der Waals surface area contributed by atoms with Crippen LogP contribution < -0.4 is 0 Å². The van der Waals surface area contributed by atoms with Gasteiger partial charge in [-0.3, -0.25) is 9.59 Å². The molecule has 0 saturated carbocycles. The standard InChI is InChI=1S/C23H36O5Si/c1-23(2,3)29(4,5)28-21-15-19(17-26-16-18-11-7-6-8-12-18)27-22(25)14-10-9-13-20(21)24/h6-8,11-12,19,21H,9-10,13-17H2,1-5H3/t19-,21-/m1/s1. The predicted molar refractivity (Wildman–Crippen MR) is 116 cm³/mol. The highest BCUT2D eigenvalue weighted by atomic mass is 28.4. The van der Waals surface area contributed by atoms with E-state index in [1.807, 2.05) is 30.3 Å². The number of ketones is 1. The van der Waals surface area contributed by atoms with E-state index in [1.165, 1.54) is 0 Å². The fourth-order valence-corrected chi connectivity index (χ4v) is 4.32. The number of hydrogen-bond acceptors (Lipinski definition) is 5. The lowest BCUT2D eigenvalue weighted by atomic mass is 10.0. The average Bonchev–Trinajstić information content (AvgIpc) is 2.63. The molecule has 1 saturated heterocycles. The highest BCUT2D eigenvalue weighted by Gasteiger charge is 2.41. The molecule has 1 heterocycles. The van der Waals surface area contributed by atoms with Crippen LogP contribution in [0.15, 0.2) is 30.3 Å². The van der Waals surface area contributed by atoms with Crippen molar-refractivity contribution >= 4 is 20.1 Å². The van der Waals surface area contributed by atoms with Crippen LogP contribution >= 0.6 is 0 Å². The molecule has 0 unspecified atom stereocenters. The summed E-state index contributed by atoms with van der Waals surface area (Å²) in [7, 11) is -2.13. The molecule has 1 aromatic carbocycles. The summed E-state index contributed by atoms with van der Waals surface area (Å²) in [5.74, 6) is -0.112. The third kappa shape index (κ3) is 7.68. The van der Waals surface area contributed by atoms with E-state index < -0.39 is 20.5 Å². The van der Waals surface area contributed by atoms with Crippen molar-refractivity contribution in [3.63, 3.8) is 0 Å². The predicted octanol–water partition coefficient (Wildman–Crippen LogP) is 5.04. The minimum Gasteiger partial charge on any atom is -0.460 e. The fraction of sp³-hybridized carbons (Fsp3) is 0.652. The molecule has 2 rings (SSSR count). The smallest absolute Gasteiger partial charge is 0.306 e. The van der Waals surface area contributed by atoms with Gasteiger partial charge < -0.3 is 13.9 Å². The van der Waals surface area contributed by atoms with Gasteiger partial charge in [0.25, 0.3) is 0 Å². The first-order valence-corrected chi connectivity index (χ1v) is 13.5. The van der Waals surface area contributed by atoms with E-state index in [0.717, 1.165) is 5.56 Å². The molecule has 1 aliphatic heterocycles. The molecule has 0 spiro atoms. The first-order chi connectivity index (χ1) is 13.6. The van der Waals surface area contributed by atoms with Gasteiger partial charge in [0, 0.05) is 19.3 Å². The minimum absolute atomic E-state index is 0.00141. The summed E-state index contributed by atoms with van der Waals surface area (Å²) in [5.41, 5.74) is 1.06. The molecule has 1 fully saturated rings. The van der Waals surface area contributed by atoms with E-state index in [0.29, 0.717) is 38.7 Å². The molecule has 5 nitrogen and oxygen atoms in total. The second-order valence-electron chi connectivity index (χ2n) is 9.39. The maximum atomic E-state index is 12.9. The number of carbonyl (C=O) groups excluding carboxylic acids is 2. The molecule has 0 amide bonds. The topological polar surface area (TPSA) is 61.8 Å². The van der Waals surface area contributed by atoms with Crippen molar-refractivity contribution in [3.8, 4) is 0 Å². The molecule has 1 aliphatic rings. The number of ether oxygens (including phenoxy) is 2. The second-order valence-corrected chi connectivity index (χ2v) is 14.1. The van der Waals surface area contributed by atoms with E-state index in [2.05, 4.69) is 33.9 Å². The highest BCUT2D eigenvalue weighted by molar-refractivity contribution is 6.74. The number of esters is 1. The third-order valence-electron chi connectivity index (χ3n) is 5.85. The van der Waals surface area contributed by atoms with Crippen LogP contribution in [0.3, 0.4) is 0 Å². The maximum absolute atomic E-state index is 12.9. The molecule has 162 valence electrons. The van der Waals surface area contributed by atoms with Crippen molar-refractivity contribution in [1.29, 1.82) is 0 Å². The normalized spacial score (nSPS) is 22.2. The van der Waals surface area contributed by atoms with Crippen molar-refractivity contribution < 1.29 is 23.5 Å². The first-order valence-electron chi connectivity index (χ1n) is 10.6. The summed E-state index contributed by atoms with van der Waals surface area (Å²) in [5, 5.41) is -0.00141. The van der Waals surface area contributed by atoms with Crippen molar-refractivity contribution in [1.82, 2.24) is 0 Å². The zero-order valence-corrected chi connectivity index (χ0v) is 19.5. The van der Waals surface area contributed by atoms with E-state index in [-0.39, 0.29) is 23.4 Å². The van der Waals surface area contributed by atoms with Gasteiger partial charge in [-0.15, -0.1) is 0 Å². The zero-order chi connectivity index (χ0) is 21.5. The molecular weight excluding hydrogens is 384 g/mol. The molecule has 6 heteroatoms. The highest BCUT2D eigenvalue weighted by Crippen LogP contribution is 2.38. The lowest BCUT2D eigenvalue weighted by molar-refractivity contribution is -0.156. The Morgan fingerprint density at radius 3 is 2.38 bits per heavy atom. The van der Waals surface area contributed by atoms with Crippen molar-refractivity contribution in [2.75, 3.05) is 6.61 Å². The van der Waals surface area contributed by atoms with E-state index in [1.54, 1.807) is 0 Å². The number of cyclic esters (lactones) is 1. The number of rotatable bonds is 6. The fourth-order valence-electron chi connectivity index (χ4n) is 3.02.